The molecule has 0 radical (unpaired) electrons. The number of hydrogen-bond acceptors (Lipinski definition) is 5. The predicted octanol–water partition coefficient (Wildman–Crippen LogP) is 2.04. The van der Waals surface area contributed by atoms with Gasteiger partial charge in [0, 0.05) is 5.56 Å². The molecule has 3 rings (SSSR count). The average molecular weight is 285 g/mol. The van der Waals surface area contributed by atoms with Gasteiger partial charge in [-0.2, -0.15) is 0 Å². The van der Waals surface area contributed by atoms with E-state index in [1.165, 1.54) is 19.2 Å². The highest BCUT2D eigenvalue weighted by Gasteiger charge is 2.12. The van der Waals surface area contributed by atoms with Gasteiger partial charge in [0.1, 0.15) is 5.82 Å². The summed E-state index contributed by atoms with van der Waals surface area (Å²) in [6.45, 7) is 0. The molecule has 7 heteroatoms. The van der Waals surface area contributed by atoms with Crippen LogP contribution in [0.3, 0.4) is 0 Å². The number of ether oxygens (including phenoxy) is 1. The van der Waals surface area contributed by atoms with E-state index in [-0.39, 0.29) is 11.4 Å². The Bertz CT molecular complexity index is 841. The van der Waals surface area contributed by atoms with Gasteiger partial charge in [-0.1, -0.05) is 0 Å². The molecule has 0 bridgehead atoms. The van der Waals surface area contributed by atoms with Gasteiger partial charge in [0.25, 0.3) is 0 Å². The number of methoxy groups -OCH3 is 1. The number of carboxylic acid groups (broad SMARTS) is 1. The monoisotopic (exact) mass is 285 g/mol. The average Bonchev–Trinajstić information content (AvgIpc) is 2.90. The van der Waals surface area contributed by atoms with E-state index in [0.29, 0.717) is 28.3 Å². The number of carboxylic acids is 1. The second-order valence-corrected chi connectivity index (χ2v) is 4.34. The van der Waals surface area contributed by atoms with Gasteiger partial charge >= 0.3 is 5.97 Å². The fraction of sp³-hybridized carbons (Fsp3) is 0.0714. The van der Waals surface area contributed by atoms with Crippen LogP contribution >= 0.6 is 0 Å². The summed E-state index contributed by atoms with van der Waals surface area (Å²) in [7, 11) is 1.46. The van der Waals surface area contributed by atoms with Crippen molar-refractivity contribution in [1.29, 1.82) is 0 Å². The van der Waals surface area contributed by atoms with Crippen LogP contribution in [0.4, 0.5) is 0 Å². The van der Waals surface area contributed by atoms with Crippen LogP contribution in [0.2, 0.25) is 0 Å². The third-order valence-electron chi connectivity index (χ3n) is 3.02. The molecule has 0 aliphatic rings. The maximum atomic E-state index is 10.9. The first kappa shape index (κ1) is 12.9. The highest BCUT2D eigenvalue weighted by molar-refractivity contribution is 5.88. The summed E-state index contributed by atoms with van der Waals surface area (Å²) in [5, 5.41) is 18.5. The summed E-state index contributed by atoms with van der Waals surface area (Å²) in [4.78, 5) is 22.2. The summed E-state index contributed by atoms with van der Waals surface area (Å²) in [5.74, 6) is -0.234. The number of carbonyl (C=O) groups is 1. The van der Waals surface area contributed by atoms with Gasteiger partial charge in [0.05, 0.1) is 12.6 Å². The van der Waals surface area contributed by atoms with Crippen molar-refractivity contribution in [2.24, 2.45) is 0 Å². The Kier molecular flexibility index (Phi) is 2.94. The van der Waals surface area contributed by atoms with Gasteiger partial charge in [-0.25, -0.2) is 14.8 Å². The van der Waals surface area contributed by atoms with Crippen molar-refractivity contribution in [3.63, 3.8) is 0 Å². The Labute approximate surface area is 118 Å². The molecule has 1 aromatic carbocycles. The van der Waals surface area contributed by atoms with E-state index in [1.54, 1.807) is 18.2 Å². The molecule has 0 saturated heterocycles. The van der Waals surface area contributed by atoms with Crippen molar-refractivity contribution in [3.05, 3.63) is 36.0 Å². The molecule has 2 heterocycles. The second kappa shape index (κ2) is 4.78. The van der Waals surface area contributed by atoms with Crippen LogP contribution in [0.15, 0.2) is 30.3 Å². The van der Waals surface area contributed by atoms with E-state index in [4.69, 9.17) is 9.84 Å². The fourth-order valence-electron chi connectivity index (χ4n) is 1.97. The standard InChI is InChI=1S/C14H11N3O4/c1-21-11-6-7(2-5-10(11)18)12-15-8-3-4-9(14(19)20)16-13(8)17-12/h2-6,18H,1H3,(H,19,20)(H,15,16,17). The van der Waals surface area contributed by atoms with E-state index in [1.807, 2.05) is 0 Å². The van der Waals surface area contributed by atoms with E-state index in [2.05, 4.69) is 15.0 Å². The van der Waals surface area contributed by atoms with Crippen LogP contribution in [-0.2, 0) is 0 Å². The topological polar surface area (TPSA) is 108 Å². The number of pyridine rings is 1. The summed E-state index contributed by atoms with van der Waals surface area (Å²) < 4.78 is 5.05. The van der Waals surface area contributed by atoms with Crippen LogP contribution in [0.1, 0.15) is 10.5 Å². The number of hydrogen-bond donors (Lipinski definition) is 3. The van der Waals surface area contributed by atoms with E-state index < -0.39 is 5.97 Å². The number of aromatic carboxylic acids is 1. The number of imidazole rings is 1. The smallest absolute Gasteiger partial charge is 0.354 e. The molecule has 0 spiro atoms. The van der Waals surface area contributed by atoms with Crippen molar-refractivity contribution >= 4 is 17.1 Å². The Morgan fingerprint density at radius 2 is 2.05 bits per heavy atom. The zero-order chi connectivity index (χ0) is 15.0. The maximum Gasteiger partial charge on any atom is 0.354 e. The minimum absolute atomic E-state index is 0.0312. The molecule has 0 unspecified atom stereocenters. The number of phenolic OH excluding ortho intramolecular Hbond substituents is 1. The number of H-pyrrole nitrogens is 1. The van der Waals surface area contributed by atoms with E-state index >= 15 is 0 Å². The van der Waals surface area contributed by atoms with E-state index in [9.17, 15) is 9.90 Å². The van der Waals surface area contributed by atoms with Crippen LogP contribution < -0.4 is 4.74 Å². The number of fused-ring (bicyclic) bond motifs is 1. The molecule has 0 atom stereocenters. The van der Waals surface area contributed by atoms with Crippen molar-refractivity contribution in [1.82, 2.24) is 15.0 Å². The van der Waals surface area contributed by atoms with Gasteiger partial charge in [0.2, 0.25) is 0 Å². The molecule has 3 aromatic rings. The SMILES string of the molecule is COc1cc(-c2nc3nc(C(=O)O)ccc3[nH]2)ccc1O. The number of aromatic nitrogens is 3. The van der Waals surface area contributed by atoms with Gasteiger partial charge < -0.3 is 19.9 Å². The third-order valence-corrected chi connectivity index (χ3v) is 3.02. The number of aromatic hydroxyl groups is 1. The molecule has 0 fully saturated rings. The quantitative estimate of drug-likeness (QED) is 0.679. The molecular formula is C14H11N3O4. The van der Waals surface area contributed by atoms with Crippen molar-refractivity contribution in [3.8, 4) is 22.9 Å². The number of benzene rings is 1. The lowest BCUT2D eigenvalue weighted by atomic mass is 10.2. The minimum atomic E-state index is -1.10. The lowest BCUT2D eigenvalue weighted by molar-refractivity contribution is 0.0691. The van der Waals surface area contributed by atoms with E-state index in [0.717, 1.165) is 0 Å². The highest BCUT2D eigenvalue weighted by atomic mass is 16.5. The summed E-state index contributed by atoms with van der Waals surface area (Å²) in [6.07, 6.45) is 0. The third kappa shape index (κ3) is 2.25. The molecule has 7 nitrogen and oxygen atoms in total. The molecule has 0 amide bonds. The summed E-state index contributed by atoms with van der Waals surface area (Å²) >= 11 is 0. The zero-order valence-corrected chi connectivity index (χ0v) is 11.0. The molecule has 21 heavy (non-hydrogen) atoms. The van der Waals surface area contributed by atoms with Crippen molar-refractivity contribution in [2.75, 3.05) is 7.11 Å². The first-order valence-electron chi connectivity index (χ1n) is 6.06. The fourth-order valence-corrected chi connectivity index (χ4v) is 1.97. The number of aromatic amines is 1. The number of rotatable bonds is 3. The highest BCUT2D eigenvalue weighted by Crippen LogP contribution is 2.30. The molecule has 0 aliphatic carbocycles. The zero-order valence-electron chi connectivity index (χ0n) is 11.0. The predicted molar refractivity (Wildman–Crippen MR) is 74.5 cm³/mol. The molecule has 106 valence electrons. The molecule has 0 aliphatic heterocycles. The minimum Gasteiger partial charge on any atom is -0.504 e. The molecule has 0 saturated carbocycles. The largest absolute Gasteiger partial charge is 0.504 e. The first-order valence-corrected chi connectivity index (χ1v) is 6.06. The first-order chi connectivity index (χ1) is 10.1. The van der Waals surface area contributed by atoms with Crippen LogP contribution in [0.25, 0.3) is 22.6 Å². The lowest BCUT2D eigenvalue weighted by Crippen LogP contribution is -1.99. The van der Waals surface area contributed by atoms with Gasteiger partial charge in [-0.3, -0.25) is 0 Å². The summed E-state index contributed by atoms with van der Waals surface area (Å²) in [5.41, 5.74) is 1.57. The Hall–Kier alpha value is -3.09. The lowest BCUT2D eigenvalue weighted by Gasteiger charge is -2.04. The van der Waals surface area contributed by atoms with Gasteiger partial charge in [-0.05, 0) is 30.3 Å². The Morgan fingerprint density at radius 3 is 2.76 bits per heavy atom. The van der Waals surface area contributed by atoms with Crippen LogP contribution in [0.5, 0.6) is 11.5 Å². The Morgan fingerprint density at radius 1 is 1.24 bits per heavy atom. The van der Waals surface area contributed by atoms with Gasteiger partial charge in [-0.15, -0.1) is 0 Å². The molecular weight excluding hydrogens is 274 g/mol. The Balaban J connectivity index is 2.10. The van der Waals surface area contributed by atoms with Gasteiger partial charge in [0.15, 0.2) is 22.8 Å². The van der Waals surface area contributed by atoms with Crippen molar-refractivity contribution < 1.29 is 19.7 Å². The summed E-state index contributed by atoms with van der Waals surface area (Å²) in [6, 6.07) is 7.82. The van der Waals surface area contributed by atoms with Crippen molar-refractivity contribution in [2.45, 2.75) is 0 Å². The normalized spacial score (nSPS) is 10.7. The number of phenols is 1. The number of nitrogens with zero attached hydrogens (tertiary/aromatic N) is 2. The maximum absolute atomic E-state index is 10.9. The number of nitrogens with one attached hydrogen (secondary N) is 1. The second-order valence-electron chi connectivity index (χ2n) is 4.34. The molecule has 3 N–H and O–H groups in total. The van der Waals surface area contributed by atoms with Crippen LogP contribution in [-0.4, -0.2) is 38.2 Å². The van der Waals surface area contributed by atoms with Crippen LogP contribution in [0, 0.1) is 0 Å². The molecule has 2 aromatic heterocycles.